The molecule has 0 aliphatic rings. The van der Waals surface area contributed by atoms with Crippen LogP contribution in [0.4, 0.5) is 5.69 Å². The molecule has 124 valence electrons. The van der Waals surface area contributed by atoms with Crippen molar-refractivity contribution in [3.63, 3.8) is 0 Å². The number of nitro groups is 1. The minimum absolute atomic E-state index is 0.0385. The summed E-state index contributed by atoms with van der Waals surface area (Å²) < 4.78 is 5.41. The summed E-state index contributed by atoms with van der Waals surface area (Å²) in [5, 5.41) is 14.4. The second-order valence-electron chi connectivity index (χ2n) is 5.26. The number of hydrogen-bond acceptors (Lipinski definition) is 5. The first kappa shape index (κ1) is 17.1. The van der Waals surface area contributed by atoms with Crippen LogP contribution in [-0.2, 0) is 4.79 Å². The lowest BCUT2D eigenvalue weighted by Crippen LogP contribution is -2.24. The van der Waals surface area contributed by atoms with Crippen LogP contribution in [0.25, 0.3) is 0 Å². The third-order valence-electron chi connectivity index (χ3n) is 3.05. The maximum Gasteiger partial charge on any atom is 0.277 e. The van der Waals surface area contributed by atoms with E-state index in [1.807, 2.05) is 32.0 Å². The molecule has 0 heterocycles. The molecule has 0 radical (unpaired) electrons. The van der Waals surface area contributed by atoms with Gasteiger partial charge in [0, 0.05) is 17.7 Å². The lowest BCUT2D eigenvalue weighted by Gasteiger charge is -2.07. The fourth-order valence-corrected chi connectivity index (χ4v) is 2.09. The van der Waals surface area contributed by atoms with Crippen LogP contribution < -0.4 is 10.2 Å². The van der Waals surface area contributed by atoms with Crippen molar-refractivity contribution in [2.75, 3.05) is 6.61 Å². The number of carbonyl (C=O) groups is 1. The summed E-state index contributed by atoms with van der Waals surface area (Å²) in [6.45, 7) is 3.72. The Bertz CT molecular complexity index is 767. The van der Waals surface area contributed by atoms with Gasteiger partial charge < -0.3 is 4.74 Å². The van der Waals surface area contributed by atoms with Gasteiger partial charge in [0.15, 0.2) is 6.61 Å². The molecule has 2 aromatic carbocycles. The van der Waals surface area contributed by atoms with E-state index in [2.05, 4.69) is 10.5 Å². The van der Waals surface area contributed by atoms with Crippen molar-refractivity contribution in [1.82, 2.24) is 5.43 Å². The van der Waals surface area contributed by atoms with Crippen LogP contribution in [0.5, 0.6) is 5.75 Å². The molecule has 0 spiro atoms. The SMILES string of the molecule is Cc1cc(C)cc(OCC(=O)N/N=C\c2cccc([N+](=O)[O-])c2)c1. The van der Waals surface area contributed by atoms with E-state index >= 15 is 0 Å². The summed E-state index contributed by atoms with van der Waals surface area (Å²) in [6, 6.07) is 11.6. The topological polar surface area (TPSA) is 93.8 Å². The number of nitrogens with one attached hydrogen (secondary N) is 1. The van der Waals surface area contributed by atoms with Crippen LogP contribution in [-0.4, -0.2) is 23.7 Å². The second-order valence-corrected chi connectivity index (χ2v) is 5.26. The van der Waals surface area contributed by atoms with Crippen LogP contribution in [0, 0.1) is 24.0 Å². The van der Waals surface area contributed by atoms with Gasteiger partial charge in [-0.3, -0.25) is 14.9 Å². The van der Waals surface area contributed by atoms with Crippen LogP contribution in [0.1, 0.15) is 16.7 Å². The standard InChI is InChI=1S/C17H17N3O4/c1-12-6-13(2)8-16(7-12)24-11-17(21)19-18-10-14-4-3-5-15(9-14)20(22)23/h3-10H,11H2,1-2H3,(H,19,21)/b18-10-. The van der Waals surface area contributed by atoms with Gasteiger partial charge in [-0.25, -0.2) is 5.43 Å². The molecule has 0 aromatic heterocycles. The van der Waals surface area contributed by atoms with E-state index in [0.29, 0.717) is 11.3 Å². The third-order valence-corrected chi connectivity index (χ3v) is 3.05. The van der Waals surface area contributed by atoms with Crippen LogP contribution in [0.2, 0.25) is 0 Å². The first-order valence-corrected chi connectivity index (χ1v) is 7.21. The largest absolute Gasteiger partial charge is 0.484 e. The number of aryl methyl sites for hydroxylation is 2. The Labute approximate surface area is 139 Å². The number of benzene rings is 2. The van der Waals surface area contributed by atoms with Gasteiger partial charge in [0.05, 0.1) is 11.1 Å². The molecule has 24 heavy (non-hydrogen) atoms. The maximum atomic E-state index is 11.7. The third kappa shape index (κ3) is 5.20. The number of amides is 1. The second kappa shape index (κ2) is 7.87. The van der Waals surface area contributed by atoms with E-state index in [4.69, 9.17) is 4.74 Å². The van der Waals surface area contributed by atoms with Crippen molar-refractivity contribution in [3.05, 3.63) is 69.3 Å². The number of hydrogen-bond donors (Lipinski definition) is 1. The first-order valence-electron chi connectivity index (χ1n) is 7.21. The Balaban J connectivity index is 1.86. The van der Waals surface area contributed by atoms with Crippen LogP contribution in [0.15, 0.2) is 47.6 Å². The number of nitro benzene ring substituents is 1. The Kier molecular flexibility index (Phi) is 5.62. The van der Waals surface area contributed by atoms with E-state index in [9.17, 15) is 14.9 Å². The molecule has 1 N–H and O–H groups in total. The average Bonchev–Trinajstić information content (AvgIpc) is 2.52. The van der Waals surface area contributed by atoms with E-state index in [1.54, 1.807) is 12.1 Å². The molecular weight excluding hydrogens is 310 g/mol. The quantitative estimate of drug-likeness (QED) is 0.501. The zero-order valence-corrected chi connectivity index (χ0v) is 13.4. The zero-order valence-electron chi connectivity index (χ0n) is 13.4. The van der Waals surface area contributed by atoms with Crippen LogP contribution in [0.3, 0.4) is 0 Å². The van der Waals surface area contributed by atoms with Crippen molar-refractivity contribution in [2.45, 2.75) is 13.8 Å². The van der Waals surface area contributed by atoms with Gasteiger partial charge in [0.1, 0.15) is 5.75 Å². The van der Waals surface area contributed by atoms with Crippen molar-refractivity contribution < 1.29 is 14.5 Å². The highest BCUT2D eigenvalue weighted by Crippen LogP contribution is 2.16. The van der Waals surface area contributed by atoms with Gasteiger partial charge in [-0.1, -0.05) is 18.2 Å². The molecule has 0 aliphatic heterocycles. The summed E-state index contributed by atoms with van der Waals surface area (Å²) in [5.74, 6) is 0.196. The Morgan fingerprint density at radius 2 is 1.96 bits per heavy atom. The molecule has 0 saturated heterocycles. The van der Waals surface area contributed by atoms with Gasteiger partial charge in [0.2, 0.25) is 0 Å². The van der Waals surface area contributed by atoms with Gasteiger partial charge in [-0.2, -0.15) is 5.10 Å². The minimum atomic E-state index is -0.492. The van der Waals surface area contributed by atoms with Gasteiger partial charge in [-0.05, 0) is 37.1 Å². The van der Waals surface area contributed by atoms with E-state index in [1.165, 1.54) is 18.3 Å². The number of rotatable bonds is 6. The minimum Gasteiger partial charge on any atom is -0.484 e. The smallest absolute Gasteiger partial charge is 0.277 e. The highest BCUT2D eigenvalue weighted by atomic mass is 16.6. The van der Waals surface area contributed by atoms with Crippen LogP contribution >= 0.6 is 0 Å². The molecule has 2 rings (SSSR count). The molecule has 7 heteroatoms. The number of nitrogens with zero attached hydrogens (tertiary/aromatic N) is 2. The van der Waals surface area contributed by atoms with E-state index < -0.39 is 10.8 Å². The fraction of sp³-hybridized carbons (Fsp3) is 0.176. The van der Waals surface area contributed by atoms with Crippen molar-refractivity contribution in [1.29, 1.82) is 0 Å². The van der Waals surface area contributed by atoms with E-state index in [-0.39, 0.29) is 12.3 Å². The van der Waals surface area contributed by atoms with Crippen molar-refractivity contribution >= 4 is 17.8 Å². The summed E-state index contributed by atoms with van der Waals surface area (Å²) in [5.41, 5.74) is 4.89. The molecule has 0 unspecified atom stereocenters. The molecule has 1 amide bonds. The Hall–Kier alpha value is -3.22. The molecule has 0 saturated carbocycles. The fourth-order valence-electron chi connectivity index (χ4n) is 2.09. The summed E-state index contributed by atoms with van der Waals surface area (Å²) in [4.78, 5) is 21.9. The average molecular weight is 327 g/mol. The first-order chi connectivity index (χ1) is 11.4. The Morgan fingerprint density at radius 1 is 1.25 bits per heavy atom. The van der Waals surface area contributed by atoms with Gasteiger partial charge in [0.25, 0.3) is 11.6 Å². The molecule has 2 aromatic rings. The van der Waals surface area contributed by atoms with Gasteiger partial charge in [-0.15, -0.1) is 0 Å². The highest BCUT2D eigenvalue weighted by molar-refractivity contribution is 5.83. The maximum absolute atomic E-state index is 11.7. The molecular formula is C17H17N3O4. The monoisotopic (exact) mass is 327 g/mol. The predicted molar refractivity (Wildman–Crippen MR) is 90.2 cm³/mol. The zero-order chi connectivity index (χ0) is 17.5. The summed E-state index contributed by atoms with van der Waals surface area (Å²) >= 11 is 0. The molecule has 0 bridgehead atoms. The van der Waals surface area contributed by atoms with Crippen molar-refractivity contribution in [2.24, 2.45) is 5.10 Å². The highest BCUT2D eigenvalue weighted by Gasteiger charge is 2.05. The lowest BCUT2D eigenvalue weighted by molar-refractivity contribution is -0.384. The molecule has 0 fully saturated rings. The number of ether oxygens (including phenoxy) is 1. The molecule has 0 aliphatic carbocycles. The number of carbonyl (C=O) groups excluding carboxylic acids is 1. The lowest BCUT2D eigenvalue weighted by atomic mass is 10.1. The molecule has 0 atom stereocenters. The molecule has 7 nitrogen and oxygen atoms in total. The number of hydrazone groups is 1. The van der Waals surface area contributed by atoms with E-state index in [0.717, 1.165) is 11.1 Å². The Morgan fingerprint density at radius 3 is 2.62 bits per heavy atom. The predicted octanol–water partition coefficient (Wildman–Crippen LogP) is 2.74. The van der Waals surface area contributed by atoms with Crippen molar-refractivity contribution in [3.8, 4) is 5.75 Å². The summed E-state index contributed by atoms with van der Waals surface area (Å²) in [7, 11) is 0. The summed E-state index contributed by atoms with van der Waals surface area (Å²) in [6.07, 6.45) is 1.34. The number of non-ortho nitro benzene ring substituents is 1. The van der Waals surface area contributed by atoms with Gasteiger partial charge >= 0.3 is 0 Å². The normalized spacial score (nSPS) is 10.6.